The molecule has 0 fully saturated rings. The van der Waals surface area contributed by atoms with E-state index in [1.807, 2.05) is 32.9 Å². The van der Waals surface area contributed by atoms with Gasteiger partial charge in [-0.05, 0) is 61.6 Å². The molecule has 0 aliphatic carbocycles. The summed E-state index contributed by atoms with van der Waals surface area (Å²) < 4.78 is 31.4. The first-order valence-electron chi connectivity index (χ1n) is 10.4. The fourth-order valence-corrected chi connectivity index (χ4v) is 3.99. The van der Waals surface area contributed by atoms with Crippen molar-refractivity contribution in [3.05, 3.63) is 59.7 Å². The second-order valence-corrected chi connectivity index (χ2v) is 11.0. The molecule has 0 heterocycles. The Morgan fingerprint density at radius 3 is 2.00 bits per heavy atom. The Kier molecular flexibility index (Phi) is 7.76. The minimum Gasteiger partial charge on any atom is -0.491 e. The number of anilines is 1. The molecule has 0 saturated carbocycles. The number of ether oxygens (including phenoxy) is 1. The molecular weight excluding hydrogens is 412 g/mol. The maximum atomic E-state index is 12.7. The molecule has 0 spiro atoms. The molecular formula is C24H34N2O4S. The first kappa shape index (κ1) is 24.7. The highest BCUT2D eigenvalue weighted by molar-refractivity contribution is 7.92. The molecule has 1 N–H and O–H groups in total. The number of nitrogens with one attached hydrogen (secondary N) is 1. The Morgan fingerprint density at radius 1 is 1.00 bits per heavy atom. The van der Waals surface area contributed by atoms with E-state index in [1.54, 1.807) is 24.3 Å². The normalized spacial score (nSPS) is 13.0. The topological polar surface area (TPSA) is 75.7 Å². The van der Waals surface area contributed by atoms with Crippen molar-refractivity contribution >= 4 is 21.6 Å². The number of sulfonamides is 1. The average Bonchev–Trinajstić information content (AvgIpc) is 2.65. The Morgan fingerprint density at radius 2 is 1.55 bits per heavy atom. The highest BCUT2D eigenvalue weighted by Gasteiger charge is 2.22. The predicted molar refractivity (Wildman–Crippen MR) is 126 cm³/mol. The molecule has 2 aromatic carbocycles. The van der Waals surface area contributed by atoms with E-state index >= 15 is 0 Å². The van der Waals surface area contributed by atoms with Gasteiger partial charge in [-0.25, -0.2) is 8.42 Å². The summed E-state index contributed by atoms with van der Waals surface area (Å²) in [6, 6.07) is 14.5. The molecule has 0 aliphatic rings. The summed E-state index contributed by atoms with van der Waals surface area (Å²) in [7, 11) is -3.64. The number of amides is 1. The van der Waals surface area contributed by atoms with Crippen LogP contribution in [0.5, 0.6) is 5.75 Å². The van der Waals surface area contributed by atoms with E-state index in [0.29, 0.717) is 11.4 Å². The van der Waals surface area contributed by atoms with E-state index in [0.717, 1.165) is 16.1 Å². The van der Waals surface area contributed by atoms with Gasteiger partial charge in [0.15, 0.2) is 0 Å². The zero-order valence-electron chi connectivity index (χ0n) is 19.5. The third-order valence-corrected chi connectivity index (χ3v) is 5.98. The van der Waals surface area contributed by atoms with Crippen molar-refractivity contribution in [1.29, 1.82) is 0 Å². The molecule has 0 bridgehead atoms. The van der Waals surface area contributed by atoms with Gasteiger partial charge in [-0.1, -0.05) is 45.0 Å². The lowest BCUT2D eigenvalue weighted by atomic mass is 9.86. The first-order chi connectivity index (χ1) is 14.3. The van der Waals surface area contributed by atoms with Crippen molar-refractivity contribution in [2.75, 3.05) is 17.1 Å². The summed E-state index contributed by atoms with van der Waals surface area (Å²) in [5.41, 5.74) is 2.64. The van der Waals surface area contributed by atoms with Crippen LogP contribution in [-0.2, 0) is 20.2 Å². The quantitative estimate of drug-likeness (QED) is 0.651. The molecule has 0 aliphatic heterocycles. The fourth-order valence-electron chi connectivity index (χ4n) is 3.14. The standard InChI is InChI=1S/C24H34N2O4S/c1-17(2)30-22-14-12-21(13-15-22)26(31(7,28)29)16-23(27)25-18(3)19-8-10-20(11-9-19)24(4,5)6/h8-15,17-18H,16H2,1-7H3,(H,25,27). The summed E-state index contributed by atoms with van der Waals surface area (Å²) >= 11 is 0. The van der Waals surface area contributed by atoms with Crippen LogP contribution in [0.4, 0.5) is 5.69 Å². The Bertz CT molecular complexity index is 976. The van der Waals surface area contributed by atoms with Gasteiger partial charge < -0.3 is 10.1 Å². The van der Waals surface area contributed by atoms with Gasteiger partial charge in [-0.15, -0.1) is 0 Å². The third kappa shape index (κ3) is 7.28. The van der Waals surface area contributed by atoms with Gasteiger partial charge in [-0.2, -0.15) is 0 Å². The van der Waals surface area contributed by atoms with Crippen LogP contribution in [0.1, 0.15) is 58.7 Å². The summed E-state index contributed by atoms with van der Waals surface area (Å²) in [5, 5.41) is 2.89. The minimum absolute atomic E-state index is 0.0154. The summed E-state index contributed by atoms with van der Waals surface area (Å²) in [4.78, 5) is 12.7. The van der Waals surface area contributed by atoms with E-state index in [2.05, 4.69) is 38.2 Å². The van der Waals surface area contributed by atoms with Gasteiger partial charge >= 0.3 is 0 Å². The van der Waals surface area contributed by atoms with Gasteiger partial charge in [0.25, 0.3) is 0 Å². The van der Waals surface area contributed by atoms with Crippen LogP contribution >= 0.6 is 0 Å². The van der Waals surface area contributed by atoms with E-state index in [4.69, 9.17) is 4.74 Å². The number of hydrogen-bond acceptors (Lipinski definition) is 4. The fraction of sp³-hybridized carbons (Fsp3) is 0.458. The zero-order chi connectivity index (χ0) is 23.4. The Labute approximate surface area is 186 Å². The second kappa shape index (κ2) is 9.73. The lowest BCUT2D eigenvalue weighted by molar-refractivity contribution is -0.120. The largest absolute Gasteiger partial charge is 0.491 e. The van der Waals surface area contributed by atoms with Crippen LogP contribution in [0.3, 0.4) is 0 Å². The zero-order valence-corrected chi connectivity index (χ0v) is 20.3. The van der Waals surface area contributed by atoms with Gasteiger partial charge in [0.1, 0.15) is 12.3 Å². The van der Waals surface area contributed by atoms with Crippen molar-refractivity contribution in [3.63, 3.8) is 0 Å². The van der Waals surface area contributed by atoms with Crippen LogP contribution < -0.4 is 14.4 Å². The van der Waals surface area contributed by atoms with Gasteiger partial charge in [0.2, 0.25) is 15.9 Å². The number of carbonyl (C=O) groups excluding carboxylic acids is 1. The molecule has 1 amide bonds. The summed E-state index contributed by atoms with van der Waals surface area (Å²) in [6.07, 6.45) is 1.11. The smallest absolute Gasteiger partial charge is 0.241 e. The molecule has 1 atom stereocenters. The molecule has 1 unspecified atom stereocenters. The van der Waals surface area contributed by atoms with E-state index in [9.17, 15) is 13.2 Å². The number of rotatable bonds is 8. The molecule has 170 valence electrons. The average molecular weight is 447 g/mol. The van der Waals surface area contributed by atoms with E-state index in [-0.39, 0.29) is 30.0 Å². The molecule has 0 aromatic heterocycles. The highest BCUT2D eigenvalue weighted by atomic mass is 32.2. The van der Waals surface area contributed by atoms with Crippen molar-refractivity contribution in [2.24, 2.45) is 0 Å². The summed E-state index contributed by atoms with van der Waals surface area (Å²) in [6.45, 7) is 11.9. The lowest BCUT2D eigenvalue weighted by Gasteiger charge is -2.24. The van der Waals surface area contributed by atoms with Gasteiger partial charge in [0, 0.05) is 0 Å². The third-order valence-electron chi connectivity index (χ3n) is 4.84. The number of carbonyl (C=O) groups is 1. The second-order valence-electron chi connectivity index (χ2n) is 9.09. The SMILES string of the molecule is CC(C)Oc1ccc(N(CC(=O)NC(C)c2ccc(C(C)(C)C)cc2)S(C)(=O)=O)cc1. The molecule has 31 heavy (non-hydrogen) atoms. The van der Waals surface area contributed by atoms with Gasteiger partial charge in [0.05, 0.1) is 24.1 Å². The highest BCUT2D eigenvalue weighted by Crippen LogP contribution is 2.25. The van der Waals surface area contributed by atoms with Crippen LogP contribution in [0.15, 0.2) is 48.5 Å². The van der Waals surface area contributed by atoms with Crippen LogP contribution in [0.25, 0.3) is 0 Å². The number of benzene rings is 2. The first-order valence-corrected chi connectivity index (χ1v) is 12.3. The van der Waals surface area contributed by atoms with Crippen LogP contribution in [0.2, 0.25) is 0 Å². The molecule has 0 radical (unpaired) electrons. The monoisotopic (exact) mass is 446 g/mol. The Hall–Kier alpha value is -2.54. The molecule has 2 aromatic rings. The lowest BCUT2D eigenvalue weighted by Crippen LogP contribution is -2.41. The van der Waals surface area contributed by atoms with E-state index in [1.165, 1.54) is 5.56 Å². The number of hydrogen-bond donors (Lipinski definition) is 1. The van der Waals surface area contributed by atoms with Crippen molar-refractivity contribution in [2.45, 2.75) is 59.1 Å². The maximum Gasteiger partial charge on any atom is 0.241 e. The molecule has 7 heteroatoms. The number of nitrogens with zero attached hydrogens (tertiary/aromatic N) is 1. The molecule has 2 rings (SSSR count). The minimum atomic E-state index is -3.64. The Balaban J connectivity index is 2.10. The van der Waals surface area contributed by atoms with E-state index < -0.39 is 10.0 Å². The van der Waals surface area contributed by atoms with Gasteiger partial charge in [-0.3, -0.25) is 9.10 Å². The van der Waals surface area contributed by atoms with Crippen LogP contribution in [0, 0.1) is 0 Å². The summed E-state index contributed by atoms with van der Waals surface area (Å²) in [5.74, 6) is 0.268. The molecule has 0 saturated heterocycles. The van der Waals surface area contributed by atoms with Crippen molar-refractivity contribution in [3.8, 4) is 5.75 Å². The molecule has 6 nitrogen and oxygen atoms in total. The maximum absolute atomic E-state index is 12.7. The van der Waals surface area contributed by atoms with Crippen molar-refractivity contribution in [1.82, 2.24) is 5.32 Å². The van der Waals surface area contributed by atoms with Crippen LogP contribution in [-0.4, -0.2) is 33.2 Å². The predicted octanol–water partition coefficient (Wildman–Crippen LogP) is 4.41. The van der Waals surface area contributed by atoms with Crippen molar-refractivity contribution < 1.29 is 17.9 Å².